The van der Waals surface area contributed by atoms with Gasteiger partial charge in [0.05, 0.1) is 11.7 Å². The largest absolute Gasteiger partial charge is 0.506 e. The summed E-state index contributed by atoms with van der Waals surface area (Å²) in [5, 5.41) is 13.9. The van der Waals surface area contributed by atoms with Crippen LogP contribution in [0.1, 0.15) is 35.1 Å². The Morgan fingerprint density at radius 1 is 0.739 bits per heavy atom. The number of benzene rings is 3. The van der Waals surface area contributed by atoms with E-state index in [0.29, 0.717) is 5.75 Å². The Bertz CT molecular complexity index is 799. The standard InChI is InChI=1S/C21H19NO/c23-20-13-7-12-17-18(15-8-3-1-4-9-15)14-19(22-21(17)20)16-10-5-2-6-11-16/h1-13,18-19,22-23H,14H2/t18-,19-/m0/s1. The van der Waals surface area contributed by atoms with Gasteiger partial charge in [-0.3, -0.25) is 0 Å². The summed E-state index contributed by atoms with van der Waals surface area (Å²) in [6.45, 7) is 0. The molecule has 2 nitrogen and oxygen atoms in total. The van der Waals surface area contributed by atoms with Crippen molar-refractivity contribution < 1.29 is 5.11 Å². The van der Waals surface area contributed by atoms with Gasteiger partial charge in [-0.2, -0.15) is 0 Å². The maximum Gasteiger partial charge on any atom is 0.138 e. The number of phenols is 1. The number of phenolic OH excluding ortho intramolecular Hbond substituents is 1. The average Bonchev–Trinajstić information content (AvgIpc) is 2.63. The second-order valence-electron chi connectivity index (χ2n) is 6.05. The lowest BCUT2D eigenvalue weighted by atomic mass is 9.80. The lowest BCUT2D eigenvalue weighted by molar-refractivity contribution is 0.471. The maximum atomic E-state index is 10.3. The molecule has 4 rings (SSSR count). The van der Waals surface area contributed by atoms with Crippen molar-refractivity contribution in [2.24, 2.45) is 0 Å². The summed E-state index contributed by atoms with van der Waals surface area (Å²) in [5.74, 6) is 0.605. The predicted octanol–water partition coefficient (Wildman–Crippen LogP) is 5.08. The zero-order valence-corrected chi connectivity index (χ0v) is 12.8. The van der Waals surface area contributed by atoms with E-state index in [2.05, 4.69) is 59.9 Å². The van der Waals surface area contributed by atoms with Gasteiger partial charge >= 0.3 is 0 Å². The zero-order valence-electron chi connectivity index (χ0n) is 12.8. The van der Waals surface area contributed by atoms with Crippen molar-refractivity contribution >= 4 is 5.69 Å². The molecule has 1 heterocycles. The third-order valence-electron chi connectivity index (χ3n) is 4.64. The summed E-state index contributed by atoms with van der Waals surface area (Å²) in [6, 6.07) is 27.0. The average molecular weight is 301 g/mol. The van der Waals surface area contributed by atoms with E-state index in [9.17, 15) is 5.11 Å². The minimum absolute atomic E-state index is 0.196. The number of anilines is 1. The van der Waals surface area contributed by atoms with Crippen LogP contribution >= 0.6 is 0 Å². The first kappa shape index (κ1) is 13.9. The highest BCUT2D eigenvalue weighted by atomic mass is 16.3. The highest BCUT2D eigenvalue weighted by molar-refractivity contribution is 5.66. The van der Waals surface area contributed by atoms with Gasteiger partial charge in [0.15, 0.2) is 0 Å². The molecule has 0 fully saturated rings. The molecule has 0 unspecified atom stereocenters. The summed E-state index contributed by atoms with van der Waals surface area (Å²) in [4.78, 5) is 0. The van der Waals surface area contributed by atoms with Gasteiger partial charge < -0.3 is 10.4 Å². The zero-order chi connectivity index (χ0) is 15.6. The molecule has 0 bridgehead atoms. The van der Waals surface area contributed by atoms with E-state index in [1.54, 1.807) is 6.07 Å². The second kappa shape index (κ2) is 5.81. The molecule has 0 spiro atoms. The third kappa shape index (κ3) is 2.57. The fourth-order valence-electron chi connectivity index (χ4n) is 3.51. The van der Waals surface area contributed by atoms with Gasteiger partial charge in [-0.1, -0.05) is 72.8 Å². The van der Waals surface area contributed by atoms with E-state index in [-0.39, 0.29) is 12.0 Å². The summed E-state index contributed by atoms with van der Waals surface area (Å²) in [5.41, 5.74) is 4.58. The van der Waals surface area contributed by atoms with Crippen LogP contribution in [0.2, 0.25) is 0 Å². The van der Waals surface area contributed by atoms with Crippen molar-refractivity contribution in [1.82, 2.24) is 0 Å². The van der Waals surface area contributed by atoms with Crippen LogP contribution in [-0.4, -0.2) is 5.11 Å². The molecule has 0 aliphatic carbocycles. The Kier molecular flexibility index (Phi) is 3.51. The van der Waals surface area contributed by atoms with Crippen LogP contribution < -0.4 is 5.32 Å². The van der Waals surface area contributed by atoms with Gasteiger partial charge in [-0.05, 0) is 29.2 Å². The van der Waals surface area contributed by atoms with E-state index in [0.717, 1.165) is 12.1 Å². The van der Waals surface area contributed by atoms with Crippen molar-refractivity contribution in [2.75, 3.05) is 5.32 Å². The molecule has 1 aliphatic heterocycles. The lowest BCUT2D eigenvalue weighted by Crippen LogP contribution is -2.22. The van der Waals surface area contributed by atoms with Crippen LogP contribution in [0.5, 0.6) is 5.75 Å². The monoisotopic (exact) mass is 301 g/mol. The summed E-state index contributed by atoms with van der Waals surface area (Å²) in [6.07, 6.45) is 0.977. The van der Waals surface area contributed by atoms with Crippen LogP contribution in [0.15, 0.2) is 78.9 Å². The number of fused-ring (bicyclic) bond motifs is 1. The maximum absolute atomic E-state index is 10.3. The van der Waals surface area contributed by atoms with Crippen molar-refractivity contribution in [3.05, 3.63) is 95.6 Å². The normalized spacial score (nSPS) is 19.7. The van der Waals surface area contributed by atoms with E-state index >= 15 is 0 Å². The molecule has 3 aromatic carbocycles. The Labute approximate surface area is 136 Å². The molecule has 2 N–H and O–H groups in total. The first-order chi connectivity index (χ1) is 11.3. The fraction of sp³-hybridized carbons (Fsp3) is 0.143. The van der Waals surface area contributed by atoms with Gasteiger partial charge in [-0.15, -0.1) is 0 Å². The van der Waals surface area contributed by atoms with Gasteiger partial charge in [0.25, 0.3) is 0 Å². The van der Waals surface area contributed by atoms with Gasteiger partial charge in [0.2, 0.25) is 0 Å². The van der Waals surface area contributed by atoms with Crippen LogP contribution in [0.4, 0.5) is 5.69 Å². The highest BCUT2D eigenvalue weighted by Crippen LogP contribution is 2.46. The highest BCUT2D eigenvalue weighted by Gasteiger charge is 2.29. The number of hydrogen-bond donors (Lipinski definition) is 2. The molecule has 114 valence electrons. The Balaban J connectivity index is 1.81. The molecular formula is C21H19NO. The summed E-state index contributed by atoms with van der Waals surface area (Å²) < 4.78 is 0. The van der Waals surface area contributed by atoms with Crippen LogP contribution in [0, 0.1) is 0 Å². The van der Waals surface area contributed by atoms with Gasteiger partial charge in [-0.25, -0.2) is 0 Å². The number of nitrogens with one attached hydrogen (secondary N) is 1. The predicted molar refractivity (Wildman–Crippen MR) is 93.8 cm³/mol. The minimum Gasteiger partial charge on any atom is -0.506 e. The first-order valence-electron chi connectivity index (χ1n) is 8.01. The summed E-state index contributed by atoms with van der Waals surface area (Å²) in [7, 11) is 0. The SMILES string of the molecule is Oc1cccc2c1N[C@H](c1ccccc1)C[C@H]2c1ccccc1. The van der Waals surface area contributed by atoms with Gasteiger partial charge in [0.1, 0.15) is 5.75 Å². The smallest absolute Gasteiger partial charge is 0.138 e. The van der Waals surface area contributed by atoms with Gasteiger partial charge in [0, 0.05) is 5.92 Å². The Hall–Kier alpha value is -2.74. The molecule has 0 saturated heterocycles. The molecule has 3 aromatic rings. The Morgan fingerprint density at radius 3 is 2.09 bits per heavy atom. The number of hydrogen-bond acceptors (Lipinski definition) is 2. The van der Waals surface area contributed by atoms with Crippen molar-refractivity contribution in [3.8, 4) is 5.75 Å². The lowest BCUT2D eigenvalue weighted by Gasteiger charge is -2.34. The Morgan fingerprint density at radius 2 is 1.39 bits per heavy atom. The molecule has 1 aliphatic rings. The summed E-state index contributed by atoms with van der Waals surface area (Å²) >= 11 is 0. The molecule has 2 atom stereocenters. The van der Waals surface area contributed by atoms with Crippen LogP contribution in [0.25, 0.3) is 0 Å². The van der Waals surface area contributed by atoms with E-state index < -0.39 is 0 Å². The molecule has 0 amide bonds. The third-order valence-corrected chi connectivity index (χ3v) is 4.64. The van der Waals surface area contributed by atoms with Crippen LogP contribution in [0.3, 0.4) is 0 Å². The quantitative estimate of drug-likeness (QED) is 0.647. The molecule has 23 heavy (non-hydrogen) atoms. The minimum atomic E-state index is 0.196. The van der Waals surface area contributed by atoms with E-state index in [1.165, 1.54) is 16.7 Å². The second-order valence-corrected chi connectivity index (χ2v) is 6.05. The molecular weight excluding hydrogens is 282 g/mol. The molecule has 0 saturated carbocycles. The van der Waals surface area contributed by atoms with E-state index in [1.807, 2.05) is 18.2 Å². The first-order valence-corrected chi connectivity index (χ1v) is 8.01. The van der Waals surface area contributed by atoms with Crippen LogP contribution in [-0.2, 0) is 0 Å². The molecule has 2 heteroatoms. The molecule has 0 aromatic heterocycles. The number of rotatable bonds is 2. The van der Waals surface area contributed by atoms with Crippen molar-refractivity contribution in [1.29, 1.82) is 0 Å². The molecule has 0 radical (unpaired) electrons. The van der Waals surface area contributed by atoms with E-state index in [4.69, 9.17) is 0 Å². The topological polar surface area (TPSA) is 32.3 Å². The number of para-hydroxylation sites is 1. The van der Waals surface area contributed by atoms with Crippen molar-refractivity contribution in [2.45, 2.75) is 18.4 Å². The van der Waals surface area contributed by atoms with Crippen molar-refractivity contribution in [3.63, 3.8) is 0 Å². The number of aromatic hydroxyl groups is 1. The fourth-order valence-corrected chi connectivity index (χ4v) is 3.51.